The Hall–Kier alpha value is -0.220. The molecule has 0 heterocycles. The van der Waals surface area contributed by atoms with Crippen LogP contribution in [0.3, 0.4) is 0 Å². The van der Waals surface area contributed by atoms with Gasteiger partial charge in [-0.2, -0.15) is 5.26 Å². The zero-order chi connectivity index (χ0) is 4.28. The van der Waals surface area contributed by atoms with Gasteiger partial charge in [0.2, 0.25) is 0 Å². The number of nitrogens with zero attached hydrogens (tertiary/aromatic N) is 1. The van der Waals surface area contributed by atoms with Crippen LogP contribution in [0.25, 0.3) is 0 Å². The normalized spacial score (nSPS) is 10.0. The molecule has 4 heavy (non-hydrogen) atoms. The molecule has 0 saturated heterocycles. The van der Waals surface area contributed by atoms with Gasteiger partial charge in [0, 0.05) is 9.62 Å². The van der Waals surface area contributed by atoms with E-state index in [4.69, 9.17) is 8.00 Å². The highest BCUT2D eigenvalue weighted by molar-refractivity contribution is 5.85. The first-order valence-electron chi connectivity index (χ1n) is 1.67. The second kappa shape index (κ2) is 14.5. The van der Waals surface area contributed by atoms with E-state index >= 15 is 0 Å². The molecule has 0 bridgehead atoms. The molecule has 0 spiro atoms. The van der Waals surface area contributed by atoms with Crippen LogP contribution in [0.4, 0.5) is 0 Å². The fourth-order valence-corrected chi connectivity index (χ4v) is 0. The predicted molar refractivity (Wildman–Crippen MR) is 18.5 cm³/mol. The van der Waals surface area contributed by atoms with Crippen LogP contribution < -0.4 is 0 Å². The van der Waals surface area contributed by atoms with Crippen molar-refractivity contribution >= 4 is 12.4 Å². The summed E-state index contributed by atoms with van der Waals surface area (Å²) in [6, 6.07) is 1.36. The Morgan fingerprint density at radius 2 is 2.50 bits per heavy atom. The van der Waals surface area contributed by atoms with Crippen LogP contribution in [0.15, 0.2) is 0 Å². The highest BCUT2D eigenvalue weighted by atomic mass is 35.5. The van der Waals surface area contributed by atoms with Crippen molar-refractivity contribution in [3.05, 3.63) is 0 Å². The minimum Gasteiger partial charge on any atom is -0.199 e. The predicted octanol–water partition coefficient (Wildman–Crippen LogP) is 0.952. The van der Waals surface area contributed by atoms with Crippen molar-refractivity contribution in [2.45, 2.75) is 6.88 Å². The first kappa shape index (κ1) is 2.04. The summed E-state index contributed by atoms with van der Waals surface area (Å²) in [6.45, 7) is -1.31. The molecular formula is C2H4ClN. The lowest BCUT2D eigenvalue weighted by molar-refractivity contribution is 1.49. The lowest BCUT2D eigenvalue weighted by Crippen LogP contribution is -1.10. The Labute approximate surface area is 34.5 Å². The third-order valence-corrected chi connectivity index (χ3v) is 0. The Bertz CT molecular complexity index is 57.1. The largest absolute Gasteiger partial charge is 0.199 e. The van der Waals surface area contributed by atoms with Gasteiger partial charge in [0.1, 0.15) is 0 Å². The number of nitriles is 1. The summed E-state index contributed by atoms with van der Waals surface area (Å²) in [5.74, 6) is 0. The molecule has 0 fully saturated rings. The second-order valence-corrected chi connectivity index (χ2v) is 0.129. The molecule has 0 aliphatic rings. The van der Waals surface area contributed by atoms with Gasteiger partial charge < -0.3 is 0 Å². The highest BCUT2D eigenvalue weighted by Gasteiger charge is 1.17. The summed E-state index contributed by atoms with van der Waals surface area (Å²) >= 11 is 0. The maximum atomic E-state index is 7.52. The maximum absolute atomic E-state index is 7.52. The van der Waals surface area contributed by atoms with E-state index in [0.29, 0.717) is 0 Å². The summed E-state index contributed by atoms with van der Waals surface area (Å²) in [4.78, 5) is 0. The van der Waals surface area contributed by atoms with Crippen molar-refractivity contribution in [1.82, 2.24) is 0 Å². The molecule has 1 nitrogen and oxygen atoms in total. The van der Waals surface area contributed by atoms with Crippen LogP contribution in [0.1, 0.15) is 9.62 Å². The van der Waals surface area contributed by atoms with Crippen molar-refractivity contribution < 1.29 is 2.74 Å². The Kier molecular flexibility index (Phi) is 7.40. The van der Waals surface area contributed by atoms with E-state index in [0.717, 1.165) is 0 Å². The van der Waals surface area contributed by atoms with Crippen LogP contribution in [0.2, 0.25) is 0 Å². The summed E-state index contributed by atoms with van der Waals surface area (Å²) < 4.78 is 12.3. The molecule has 0 saturated carbocycles. The molecule has 0 aromatic carbocycles. The fourth-order valence-electron chi connectivity index (χ4n) is 0. The number of hydrogen-bond acceptors (Lipinski definition) is 1. The molecule has 0 aromatic heterocycles. The minimum absolute atomic E-state index is 0. The van der Waals surface area contributed by atoms with E-state index in [9.17, 15) is 0 Å². The van der Waals surface area contributed by atoms with Crippen LogP contribution >= 0.6 is 12.4 Å². The third kappa shape index (κ3) is 22.4. The molecule has 0 aliphatic heterocycles. The Morgan fingerprint density at radius 3 is 2.50 bits per heavy atom. The van der Waals surface area contributed by atoms with Crippen LogP contribution in [-0.2, 0) is 0 Å². The molecule has 0 amide bonds. The number of halogens is 1. The molecular weight excluding hydrogens is 73.5 g/mol. The van der Waals surface area contributed by atoms with E-state index in [1.807, 2.05) is 0 Å². The van der Waals surface area contributed by atoms with E-state index in [1.165, 1.54) is 6.07 Å². The minimum atomic E-state index is -1.31. The van der Waals surface area contributed by atoms with Crippen molar-refractivity contribution in [1.29, 1.82) is 5.26 Å². The van der Waals surface area contributed by atoms with Gasteiger partial charge in [-0.1, -0.05) is 0 Å². The van der Waals surface area contributed by atoms with E-state index in [1.54, 1.807) is 0 Å². The van der Waals surface area contributed by atoms with Gasteiger partial charge in [-0.15, -0.1) is 12.4 Å². The Balaban J connectivity index is 0. The van der Waals surface area contributed by atoms with Gasteiger partial charge in [-0.05, 0) is 0 Å². The first-order chi connectivity index (χ1) is 2.27. The zero-order valence-electron chi connectivity index (χ0n) is 3.93. The second-order valence-electron chi connectivity index (χ2n) is 0.129. The molecule has 0 atom stereocenters. The SMILES string of the molecule is Cl.[2H]C([2H])C#N. The third-order valence-electron chi connectivity index (χ3n) is 0. The van der Waals surface area contributed by atoms with Crippen LogP contribution in [0, 0.1) is 11.3 Å². The number of hydrogen-bond donors (Lipinski definition) is 0. The van der Waals surface area contributed by atoms with Crippen molar-refractivity contribution in [2.24, 2.45) is 0 Å². The van der Waals surface area contributed by atoms with Gasteiger partial charge in [-0.3, -0.25) is 0 Å². The lowest BCUT2D eigenvalue weighted by Gasteiger charge is -1.15. The van der Waals surface area contributed by atoms with Crippen molar-refractivity contribution in [2.75, 3.05) is 0 Å². The molecule has 24 valence electrons. The van der Waals surface area contributed by atoms with E-state index < -0.39 is 6.88 Å². The fraction of sp³-hybridized carbons (Fsp3) is 0.500. The van der Waals surface area contributed by atoms with Crippen LogP contribution in [0.5, 0.6) is 0 Å². The smallest absolute Gasteiger partial charge is 0.0587 e. The lowest BCUT2D eigenvalue weighted by atomic mass is 11.0. The van der Waals surface area contributed by atoms with E-state index in [-0.39, 0.29) is 12.4 Å². The van der Waals surface area contributed by atoms with E-state index in [2.05, 4.69) is 0 Å². The molecule has 0 unspecified atom stereocenters. The molecule has 0 radical (unpaired) electrons. The molecule has 0 aliphatic carbocycles. The molecule has 2 heteroatoms. The number of rotatable bonds is 0. The van der Waals surface area contributed by atoms with Crippen molar-refractivity contribution in [3.8, 4) is 6.07 Å². The van der Waals surface area contributed by atoms with Gasteiger partial charge in [0.05, 0.1) is 6.07 Å². The zero-order valence-corrected chi connectivity index (χ0v) is 2.75. The summed E-state index contributed by atoms with van der Waals surface area (Å²) in [7, 11) is 0. The molecule has 0 aromatic rings. The highest BCUT2D eigenvalue weighted by Crippen LogP contribution is 1.21. The van der Waals surface area contributed by atoms with Crippen molar-refractivity contribution in [3.63, 3.8) is 0 Å². The summed E-state index contributed by atoms with van der Waals surface area (Å²) in [6.07, 6.45) is 0. The maximum Gasteiger partial charge on any atom is 0.0587 e. The molecule has 0 rings (SSSR count). The molecule has 0 N–H and O–H groups in total. The van der Waals surface area contributed by atoms with Gasteiger partial charge >= 0.3 is 0 Å². The summed E-state index contributed by atoms with van der Waals surface area (Å²) in [5.41, 5.74) is 0. The van der Waals surface area contributed by atoms with Gasteiger partial charge in [-0.25, -0.2) is 0 Å². The quantitative estimate of drug-likeness (QED) is 0.424. The van der Waals surface area contributed by atoms with Gasteiger partial charge in [0.25, 0.3) is 0 Å². The Morgan fingerprint density at radius 1 is 2.25 bits per heavy atom. The monoisotopic (exact) mass is 79.0 g/mol. The van der Waals surface area contributed by atoms with Crippen LogP contribution in [-0.4, -0.2) is 0 Å². The average Bonchev–Trinajstić information content (AvgIpc) is 1.38. The van der Waals surface area contributed by atoms with Gasteiger partial charge in [0.15, 0.2) is 0 Å². The summed E-state index contributed by atoms with van der Waals surface area (Å²) in [5, 5.41) is 7.52. The first-order valence-corrected chi connectivity index (χ1v) is 0.512. The standard InChI is InChI=1S/C2H3N.ClH/c1-2-3;/h1H3;1H/i1D2;. The average molecular weight is 79.5 g/mol. The topological polar surface area (TPSA) is 23.8 Å².